The minimum absolute atomic E-state index is 0.244. The van der Waals surface area contributed by atoms with Crippen molar-refractivity contribution >= 4 is 5.84 Å². The molecule has 0 unspecified atom stereocenters. The van der Waals surface area contributed by atoms with Crippen molar-refractivity contribution < 1.29 is 17.6 Å². The molecule has 1 aliphatic rings. The fourth-order valence-corrected chi connectivity index (χ4v) is 2.25. The second kappa shape index (κ2) is 5.19. The first kappa shape index (κ1) is 13.8. The van der Waals surface area contributed by atoms with E-state index in [9.17, 15) is 17.6 Å². The second-order valence-electron chi connectivity index (χ2n) is 4.58. The molecular formula is C13H14F4N2. The van der Waals surface area contributed by atoms with Crippen LogP contribution in [0.15, 0.2) is 18.2 Å². The summed E-state index contributed by atoms with van der Waals surface area (Å²) in [6.07, 6.45) is -1.87. The normalized spacial score (nSPS) is 16.5. The molecule has 0 saturated carbocycles. The monoisotopic (exact) mass is 274 g/mol. The number of hydrogen-bond donors (Lipinski definition) is 1. The van der Waals surface area contributed by atoms with Crippen LogP contribution in [-0.2, 0) is 6.18 Å². The number of likely N-dealkylation sites (tertiary alicyclic amines) is 1. The highest BCUT2D eigenvalue weighted by molar-refractivity contribution is 5.98. The quantitative estimate of drug-likeness (QED) is 0.472. The van der Waals surface area contributed by atoms with Crippen LogP contribution in [0.3, 0.4) is 0 Å². The van der Waals surface area contributed by atoms with Gasteiger partial charge in [-0.1, -0.05) is 0 Å². The number of amidine groups is 1. The maximum absolute atomic E-state index is 13.2. The zero-order valence-electron chi connectivity index (χ0n) is 10.2. The Balaban J connectivity index is 2.36. The number of alkyl halides is 3. The molecule has 0 aliphatic carbocycles. The van der Waals surface area contributed by atoms with Crippen LogP contribution in [0.2, 0.25) is 0 Å². The Bertz CT molecular complexity index is 476. The van der Waals surface area contributed by atoms with Crippen LogP contribution in [0, 0.1) is 11.2 Å². The molecule has 1 N–H and O–H groups in total. The first-order chi connectivity index (χ1) is 8.89. The molecule has 6 heteroatoms. The Hall–Kier alpha value is -1.59. The number of nitrogens with one attached hydrogen (secondary N) is 1. The first-order valence-corrected chi connectivity index (χ1v) is 6.10. The maximum Gasteiger partial charge on any atom is 0.417 e. The summed E-state index contributed by atoms with van der Waals surface area (Å²) < 4.78 is 51.8. The molecule has 2 nitrogen and oxygen atoms in total. The summed E-state index contributed by atoms with van der Waals surface area (Å²) >= 11 is 0. The van der Waals surface area contributed by atoms with Crippen molar-refractivity contribution in [3.63, 3.8) is 0 Å². The summed E-state index contributed by atoms with van der Waals surface area (Å²) in [6, 6.07) is 2.26. The molecule has 0 bridgehead atoms. The number of piperidine rings is 1. The van der Waals surface area contributed by atoms with Gasteiger partial charge in [0.05, 0.1) is 5.56 Å². The zero-order chi connectivity index (χ0) is 14.0. The Labute approximate surface area is 108 Å². The van der Waals surface area contributed by atoms with E-state index in [1.807, 2.05) is 0 Å². The van der Waals surface area contributed by atoms with E-state index in [1.165, 1.54) is 0 Å². The van der Waals surface area contributed by atoms with E-state index < -0.39 is 17.6 Å². The Morgan fingerprint density at radius 1 is 1.11 bits per heavy atom. The molecule has 0 spiro atoms. The fraction of sp³-hybridized carbons (Fsp3) is 0.462. The molecule has 104 valence electrons. The zero-order valence-corrected chi connectivity index (χ0v) is 10.2. The fourth-order valence-electron chi connectivity index (χ4n) is 2.25. The number of benzene rings is 1. The highest BCUT2D eigenvalue weighted by Crippen LogP contribution is 2.33. The van der Waals surface area contributed by atoms with Crippen LogP contribution in [0.4, 0.5) is 17.6 Å². The summed E-state index contributed by atoms with van der Waals surface area (Å²) in [4.78, 5) is 1.58. The summed E-state index contributed by atoms with van der Waals surface area (Å²) in [5.74, 6) is -1.00. The van der Waals surface area contributed by atoms with Crippen LogP contribution in [0.5, 0.6) is 0 Å². The van der Waals surface area contributed by atoms with Crippen molar-refractivity contribution in [2.45, 2.75) is 25.4 Å². The van der Waals surface area contributed by atoms with Gasteiger partial charge < -0.3 is 4.90 Å². The van der Waals surface area contributed by atoms with Gasteiger partial charge in [0.25, 0.3) is 0 Å². The lowest BCUT2D eigenvalue weighted by molar-refractivity contribution is -0.137. The van der Waals surface area contributed by atoms with Crippen LogP contribution in [-0.4, -0.2) is 23.8 Å². The average molecular weight is 274 g/mol. The van der Waals surface area contributed by atoms with Crippen molar-refractivity contribution in [1.82, 2.24) is 4.90 Å². The standard InChI is InChI=1S/C13H14F4N2/c14-9-4-5-11(13(15,16)17)10(8-9)12(18)19-6-2-1-3-7-19/h4-5,8,18H,1-3,6-7H2. The Morgan fingerprint density at radius 3 is 2.32 bits per heavy atom. The highest BCUT2D eigenvalue weighted by Gasteiger charge is 2.35. The Morgan fingerprint density at radius 2 is 1.74 bits per heavy atom. The second-order valence-corrected chi connectivity index (χ2v) is 4.58. The SMILES string of the molecule is N=C(c1cc(F)ccc1C(F)(F)F)N1CCCCC1. The van der Waals surface area contributed by atoms with Crippen molar-refractivity contribution in [2.24, 2.45) is 0 Å². The molecule has 1 saturated heterocycles. The van der Waals surface area contributed by atoms with Gasteiger partial charge in [0.1, 0.15) is 11.7 Å². The molecule has 1 aromatic carbocycles. The number of nitrogens with zero attached hydrogens (tertiary/aromatic N) is 1. The summed E-state index contributed by atoms with van der Waals surface area (Å²) in [5.41, 5.74) is -1.33. The van der Waals surface area contributed by atoms with Gasteiger partial charge in [-0.3, -0.25) is 5.41 Å². The van der Waals surface area contributed by atoms with Gasteiger partial charge >= 0.3 is 6.18 Å². The van der Waals surface area contributed by atoms with Gasteiger partial charge in [0.15, 0.2) is 0 Å². The van der Waals surface area contributed by atoms with Crippen molar-refractivity contribution in [1.29, 1.82) is 5.41 Å². The molecule has 19 heavy (non-hydrogen) atoms. The van der Waals surface area contributed by atoms with E-state index in [0.717, 1.165) is 31.4 Å². The number of halogens is 4. The predicted molar refractivity (Wildman–Crippen MR) is 63.7 cm³/mol. The third-order valence-corrected chi connectivity index (χ3v) is 3.21. The largest absolute Gasteiger partial charge is 0.417 e. The van der Waals surface area contributed by atoms with Gasteiger partial charge in [0.2, 0.25) is 0 Å². The molecule has 0 atom stereocenters. The number of hydrogen-bond acceptors (Lipinski definition) is 1. The minimum Gasteiger partial charge on any atom is -0.357 e. The Kier molecular flexibility index (Phi) is 3.78. The van der Waals surface area contributed by atoms with Crippen molar-refractivity contribution in [2.75, 3.05) is 13.1 Å². The molecule has 1 aliphatic heterocycles. The lowest BCUT2D eigenvalue weighted by Gasteiger charge is -2.30. The van der Waals surface area contributed by atoms with E-state index in [4.69, 9.17) is 5.41 Å². The van der Waals surface area contributed by atoms with E-state index in [-0.39, 0.29) is 11.4 Å². The van der Waals surface area contributed by atoms with Crippen molar-refractivity contribution in [3.8, 4) is 0 Å². The maximum atomic E-state index is 13.2. The third kappa shape index (κ3) is 3.05. The summed E-state index contributed by atoms with van der Waals surface area (Å²) in [5, 5.41) is 7.90. The molecule has 0 radical (unpaired) electrons. The van der Waals surface area contributed by atoms with Gasteiger partial charge in [-0.2, -0.15) is 13.2 Å². The minimum atomic E-state index is -4.58. The molecule has 2 rings (SSSR count). The molecule has 0 amide bonds. The molecule has 0 aromatic heterocycles. The van der Waals surface area contributed by atoms with Gasteiger partial charge in [-0.25, -0.2) is 4.39 Å². The highest BCUT2D eigenvalue weighted by atomic mass is 19.4. The van der Waals surface area contributed by atoms with Crippen LogP contribution in [0.1, 0.15) is 30.4 Å². The van der Waals surface area contributed by atoms with Gasteiger partial charge in [-0.15, -0.1) is 0 Å². The van der Waals surface area contributed by atoms with E-state index in [0.29, 0.717) is 19.2 Å². The van der Waals surface area contributed by atoms with Crippen molar-refractivity contribution in [3.05, 3.63) is 35.1 Å². The number of rotatable bonds is 1. The molecule has 1 fully saturated rings. The van der Waals surface area contributed by atoms with E-state index in [2.05, 4.69) is 0 Å². The van der Waals surface area contributed by atoms with Gasteiger partial charge in [-0.05, 0) is 37.5 Å². The van der Waals surface area contributed by atoms with E-state index in [1.54, 1.807) is 4.90 Å². The van der Waals surface area contributed by atoms with E-state index >= 15 is 0 Å². The van der Waals surface area contributed by atoms with Gasteiger partial charge in [0, 0.05) is 18.7 Å². The molecular weight excluding hydrogens is 260 g/mol. The van der Waals surface area contributed by atoms with Crippen LogP contribution < -0.4 is 0 Å². The summed E-state index contributed by atoms with van der Waals surface area (Å²) in [7, 11) is 0. The molecule has 1 aromatic rings. The third-order valence-electron chi connectivity index (χ3n) is 3.21. The summed E-state index contributed by atoms with van der Waals surface area (Å²) in [6.45, 7) is 1.10. The predicted octanol–water partition coefficient (Wildman–Crippen LogP) is 3.66. The van der Waals surface area contributed by atoms with Crippen LogP contribution in [0.25, 0.3) is 0 Å². The van der Waals surface area contributed by atoms with Crippen LogP contribution >= 0.6 is 0 Å². The smallest absolute Gasteiger partial charge is 0.357 e. The topological polar surface area (TPSA) is 27.1 Å². The lowest BCUT2D eigenvalue weighted by atomic mass is 10.0. The molecule has 1 heterocycles. The lowest BCUT2D eigenvalue weighted by Crippen LogP contribution is -2.36. The first-order valence-electron chi connectivity index (χ1n) is 6.10. The average Bonchev–Trinajstić information content (AvgIpc) is 2.37.